The van der Waals surface area contributed by atoms with Crippen LogP contribution in [-0.4, -0.2) is 49.3 Å². The zero-order valence-electron chi connectivity index (χ0n) is 21.3. The predicted molar refractivity (Wildman–Crippen MR) is 140 cm³/mol. The third-order valence-corrected chi connectivity index (χ3v) is 7.32. The highest BCUT2D eigenvalue weighted by Gasteiger charge is 2.29. The summed E-state index contributed by atoms with van der Waals surface area (Å²) in [5.41, 5.74) is 5.02. The standard InChI is InChI=1S/C28H34N6O2/c1-4-25(27-30-31-32-34(27)16-21-9-6-5-7-10-21)33(18-24-11-8-14-36-24)17-23-15-22-13-12-19(2)20(3)26(22)29-28(23)35/h5-7,9-10,12-13,15,24-25H,4,8,11,14,16-18H2,1-3H3,(H,29,35)/t24-,25-/m0/s1. The van der Waals surface area contributed by atoms with E-state index in [1.54, 1.807) is 0 Å². The molecule has 2 aromatic carbocycles. The van der Waals surface area contributed by atoms with Crippen LogP contribution >= 0.6 is 0 Å². The average molecular weight is 487 g/mol. The van der Waals surface area contributed by atoms with Crippen molar-refractivity contribution in [2.75, 3.05) is 13.2 Å². The van der Waals surface area contributed by atoms with Gasteiger partial charge in [-0.15, -0.1) is 5.10 Å². The molecule has 1 N–H and O–H groups in total. The first-order valence-corrected chi connectivity index (χ1v) is 12.8. The minimum Gasteiger partial charge on any atom is -0.377 e. The maximum atomic E-state index is 13.2. The lowest BCUT2D eigenvalue weighted by Gasteiger charge is -2.32. The Balaban J connectivity index is 1.49. The van der Waals surface area contributed by atoms with Gasteiger partial charge >= 0.3 is 0 Å². The number of aryl methyl sites for hydroxylation is 2. The van der Waals surface area contributed by atoms with Gasteiger partial charge < -0.3 is 9.72 Å². The third-order valence-electron chi connectivity index (χ3n) is 7.32. The molecule has 2 aromatic heterocycles. The summed E-state index contributed by atoms with van der Waals surface area (Å²) in [5, 5.41) is 13.8. The first-order chi connectivity index (χ1) is 17.5. The van der Waals surface area contributed by atoms with Crippen molar-refractivity contribution in [3.05, 3.63) is 87.0 Å². The van der Waals surface area contributed by atoms with E-state index in [0.29, 0.717) is 13.1 Å². The van der Waals surface area contributed by atoms with Gasteiger partial charge in [0.1, 0.15) is 0 Å². The maximum absolute atomic E-state index is 13.2. The molecule has 36 heavy (non-hydrogen) atoms. The molecule has 1 aliphatic rings. The molecule has 3 heterocycles. The van der Waals surface area contributed by atoms with E-state index in [-0.39, 0.29) is 17.7 Å². The number of benzene rings is 2. The van der Waals surface area contributed by atoms with E-state index in [2.05, 4.69) is 70.4 Å². The van der Waals surface area contributed by atoms with Crippen LogP contribution in [0.25, 0.3) is 10.9 Å². The van der Waals surface area contributed by atoms with Crippen molar-refractivity contribution < 1.29 is 4.74 Å². The summed E-state index contributed by atoms with van der Waals surface area (Å²) < 4.78 is 7.88. The molecule has 0 radical (unpaired) electrons. The molecular weight excluding hydrogens is 452 g/mol. The van der Waals surface area contributed by atoms with Gasteiger partial charge in [-0.2, -0.15) is 0 Å². The molecule has 8 nitrogen and oxygen atoms in total. The van der Waals surface area contributed by atoms with Crippen LogP contribution in [0, 0.1) is 13.8 Å². The second-order valence-electron chi connectivity index (χ2n) is 9.76. The van der Waals surface area contributed by atoms with Gasteiger partial charge in [0.25, 0.3) is 5.56 Å². The zero-order valence-corrected chi connectivity index (χ0v) is 21.3. The van der Waals surface area contributed by atoms with Gasteiger partial charge in [0.05, 0.1) is 24.2 Å². The van der Waals surface area contributed by atoms with E-state index in [1.165, 1.54) is 5.56 Å². The number of aromatic nitrogens is 5. The van der Waals surface area contributed by atoms with Gasteiger partial charge in [-0.1, -0.05) is 49.4 Å². The number of nitrogens with one attached hydrogen (secondary N) is 1. The molecule has 1 saturated heterocycles. The van der Waals surface area contributed by atoms with Crippen LogP contribution in [0.4, 0.5) is 0 Å². The molecule has 0 amide bonds. The van der Waals surface area contributed by atoms with Gasteiger partial charge in [0.15, 0.2) is 5.82 Å². The molecule has 5 rings (SSSR count). The molecule has 4 aromatic rings. The minimum absolute atomic E-state index is 0.0488. The number of hydrogen-bond acceptors (Lipinski definition) is 6. The fraction of sp³-hybridized carbons (Fsp3) is 0.429. The Bertz CT molecular complexity index is 1370. The quantitative estimate of drug-likeness (QED) is 0.379. The molecule has 1 fully saturated rings. The summed E-state index contributed by atoms with van der Waals surface area (Å²) in [7, 11) is 0. The van der Waals surface area contributed by atoms with Gasteiger partial charge in [0.2, 0.25) is 0 Å². The van der Waals surface area contributed by atoms with Crippen molar-refractivity contribution >= 4 is 10.9 Å². The first kappa shape index (κ1) is 24.3. The van der Waals surface area contributed by atoms with Gasteiger partial charge in [-0.05, 0) is 71.7 Å². The van der Waals surface area contributed by atoms with Crippen LogP contribution in [0.15, 0.2) is 53.3 Å². The molecule has 0 unspecified atom stereocenters. The van der Waals surface area contributed by atoms with Crippen molar-refractivity contribution in [1.29, 1.82) is 0 Å². The highest BCUT2D eigenvalue weighted by atomic mass is 16.5. The summed E-state index contributed by atoms with van der Waals surface area (Å²) >= 11 is 0. The number of nitrogens with zero attached hydrogens (tertiary/aromatic N) is 5. The lowest BCUT2D eigenvalue weighted by molar-refractivity contribution is 0.0489. The molecule has 0 spiro atoms. The third kappa shape index (κ3) is 5.10. The maximum Gasteiger partial charge on any atom is 0.252 e. The largest absolute Gasteiger partial charge is 0.377 e. The minimum atomic E-state index is -0.0530. The predicted octanol–water partition coefficient (Wildman–Crippen LogP) is 4.31. The normalized spacial score (nSPS) is 16.7. The van der Waals surface area contributed by atoms with Crippen LogP contribution in [0.5, 0.6) is 0 Å². The SMILES string of the molecule is CC[C@@H](c1nnnn1Cc1ccccc1)N(Cc1cc2ccc(C)c(C)c2[nH]c1=O)C[C@@H]1CCCO1. The van der Waals surface area contributed by atoms with E-state index in [9.17, 15) is 4.79 Å². The van der Waals surface area contributed by atoms with E-state index in [4.69, 9.17) is 4.74 Å². The molecule has 2 atom stereocenters. The summed E-state index contributed by atoms with van der Waals surface area (Å²) in [6.45, 7) is 8.87. The van der Waals surface area contributed by atoms with Crippen molar-refractivity contribution in [3.8, 4) is 0 Å². The fourth-order valence-corrected chi connectivity index (χ4v) is 5.18. The summed E-state index contributed by atoms with van der Waals surface area (Å²) in [4.78, 5) is 18.7. The van der Waals surface area contributed by atoms with E-state index >= 15 is 0 Å². The smallest absolute Gasteiger partial charge is 0.252 e. The molecule has 0 aliphatic carbocycles. The topological polar surface area (TPSA) is 88.9 Å². The number of tetrazole rings is 1. The number of ether oxygens (including phenoxy) is 1. The highest BCUT2D eigenvalue weighted by molar-refractivity contribution is 5.83. The number of aromatic amines is 1. The number of H-pyrrole nitrogens is 1. The van der Waals surface area contributed by atoms with E-state index < -0.39 is 0 Å². The molecule has 188 valence electrons. The van der Waals surface area contributed by atoms with Crippen LogP contribution in [-0.2, 0) is 17.8 Å². The van der Waals surface area contributed by atoms with Crippen LogP contribution < -0.4 is 5.56 Å². The Kier molecular flexibility index (Phi) is 7.25. The van der Waals surface area contributed by atoms with Gasteiger partial charge in [-0.25, -0.2) is 4.68 Å². The van der Waals surface area contributed by atoms with Crippen LogP contribution in [0.2, 0.25) is 0 Å². The number of fused-ring (bicyclic) bond motifs is 1. The number of pyridine rings is 1. The highest BCUT2D eigenvalue weighted by Crippen LogP contribution is 2.27. The fourth-order valence-electron chi connectivity index (χ4n) is 5.18. The summed E-state index contributed by atoms with van der Waals surface area (Å²) in [5.74, 6) is 0.808. The number of rotatable bonds is 9. The lowest BCUT2D eigenvalue weighted by atomic mass is 10.0. The summed E-state index contributed by atoms with van der Waals surface area (Å²) in [6, 6.07) is 16.4. The van der Waals surface area contributed by atoms with Crippen molar-refractivity contribution in [3.63, 3.8) is 0 Å². The molecule has 8 heteroatoms. The Morgan fingerprint density at radius 1 is 1.19 bits per heavy atom. The Morgan fingerprint density at radius 3 is 2.78 bits per heavy atom. The van der Waals surface area contributed by atoms with Crippen LogP contribution in [0.3, 0.4) is 0 Å². The first-order valence-electron chi connectivity index (χ1n) is 12.8. The van der Waals surface area contributed by atoms with Crippen molar-refractivity contribution in [1.82, 2.24) is 30.1 Å². The molecule has 0 bridgehead atoms. The zero-order chi connectivity index (χ0) is 25.1. The average Bonchev–Trinajstić information content (AvgIpc) is 3.56. The number of hydrogen-bond donors (Lipinski definition) is 1. The monoisotopic (exact) mass is 486 g/mol. The molecule has 0 saturated carbocycles. The van der Waals surface area contributed by atoms with Crippen LogP contribution in [0.1, 0.15) is 60.3 Å². The van der Waals surface area contributed by atoms with Gasteiger partial charge in [0, 0.05) is 25.3 Å². The Hall–Kier alpha value is -3.36. The lowest BCUT2D eigenvalue weighted by Crippen LogP contribution is -2.37. The van der Waals surface area contributed by atoms with E-state index in [1.807, 2.05) is 28.9 Å². The molecular formula is C28H34N6O2. The van der Waals surface area contributed by atoms with Gasteiger partial charge in [-0.3, -0.25) is 9.69 Å². The van der Waals surface area contributed by atoms with Crippen molar-refractivity contribution in [2.45, 2.75) is 65.3 Å². The summed E-state index contributed by atoms with van der Waals surface area (Å²) in [6.07, 6.45) is 3.04. The molecule has 1 aliphatic heterocycles. The van der Waals surface area contributed by atoms with Crippen molar-refractivity contribution in [2.24, 2.45) is 0 Å². The second-order valence-corrected chi connectivity index (χ2v) is 9.76. The second kappa shape index (κ2) is 10.7. The Morgan fingerprint density at radius 2 is 2.03 bits per heavy atom. The Labute approximate surface area is 211 Å². The van der Waals surface area contributed by atoms with E-state index in [0.717, 1.165) is 65.8 Å².